The highest BCUT2D eigenvalue weighted by Crippen LogP contribution is 2.30. The molecule has 0 spiro atoms. The third-order valence-corrected chi connectivity index (χ3v) is 5.39. The maximum atomic E-state index is 12.5. The van der Waals surface area contributed by atoms with Crippen molar-refractivity contribution in [2.45, 2.75) is 51.9 Å². The van der Waals surface area contributed by atoms with Gasteiger partial charge in [-0.15, -0.1) is 11.3 Å². The van der Waals surface area contributed by atoms with E-state index in [0.29, 0.717) is 0 Å². The maximum absolute atomic E-state index is 12.5. The number of amides is 1. The van der Waals surface area contributed by atoms with Gasteiger partial charge in [0.25, 0.3) is 5.91 Å². The molecule has 3 rings (SSSR count). The normalized spacial score (nSPS) is 14.5. The number of aryl methyl sites for hydroxylation is 1. The number of carbonyl (C=O) groups excluding carboxylic acids is 1. The van der Waals surface area contributed by atoms with Gasteiger partial charge in [-0.3, -0.25) is 4.79 Å². The second-order valence-electron chi connectivity index (χ2n) is 7.06. The van der Waals surface area contributed by atoms with Crippen LogP contribution in [0.15, 0.2) is 29.6 Å². The summed E-state index contributed by atoms with van der Waals surface area (Å²) in [5.74, 6) is 0.0386. The largest absolute Gasteiger partial charge is 0.321 e. The van der Waals surface area contributed by atoms with Gasteiger partial charge >= 0.3 is 0 Å². The molecule has 0 radical (unpaired) electrons. The quantitative estimate of drug-likeness (QED) is 0.813. The van der Waals surface area contributed by atoms with Gasteiger partial charge in [-0.25, -0.2) is 0 Å². The molecule has 1 aromatic heterocycles. The average Bonchev–Trinajstić information content (AvgIpc) is 2.91. The molecule has 0 bridgehead atoms. The van der Waals surface area contributed by atoms with Gasteiger partial charge in [0.05, 0.1) is 4.88 Å². The first-order chi connectivity index (χ1) is 10.4. The average molecular weight is 313 g/mol. The zero-order valence-corrected chi connectivity index (χ0v) is 14.3. The van der Waals surface area contributed by atoms with E-state index in [1.165, 1.54) is 29.5 Å². The van der Waals surface area contributed by atoms with Crippen molar-refractivity contribution < 1.29 is 4.79 Å². The molecule has 1 heterocycles. The predicted octanol–water partition coefficient (Wildman–Crippen LogP) is 5.18. The maximum Gasteiger partial charge on any atom is 0.266 e. The molecule has 0 unspecified atom stereocenters. The number of rotatable bonds is 2. The molecule has 1 amide bonds. The van der Waals surface area contributed by atoms with Crippen molar-refractivity contribution in [2.75, 3.05) is 5.32 Å². The summed E-state index contributed by atoms with van der Waals surface area (Å²) in [6, 6.07) is 8.19. The van der Waals surface area contributed by atoms with E-state index in [0.717, 1.165) is 23.4 Å². The lowest BCUT2D eigenvalue weighted by Crippen LogP contribution is -2.15. The van der Waals surface area contributed by atoms with Crippen LogP contribution < -0.4 is 5.32 Å². The molecule has 22 heavy (non-hydrogen) atoms. The highest BCUT2D eigenvalue weighted by atomic mass is 32.1. The van der Waals surface area contributed by atoms with Gasteiger partial charge in [0, 0.05) is 5.69 Å². The van der Waals surface area contributed by atoms with E-state index in [1.54, 1.807) is 11.3 Å². The fourth-order valence-electron chi connectivity index (χ4n) is 2.95. The van der Waals surface area contributed by atoms with E-state index in [4.69, 9.17) is 0 Å². The lowest BCUT2D eigenvalue weighted by Gasteiger charge is -2.19. The van der Waals surface area contributed by atoms with Crippen molar-refractivity contribution in [1.82, 2.24) is 0 Å². The SMILES string of the molecule is CC(C)(C)c1ccc(NC(=O)c2scc3c2CCCC3)cc1. The summed E-state index contributed by atoms with van der Waals surface area (Å²) < 4.78 is 0. The van der Waals surface area contributed by atoms with Gasteiger partial charge in [0.2, 0.25) is 0 Å². The molecule has 0 saturated heterocycles. The Morgan fingerprint density at radius 3 is 2.45 bits per heavy atom. The first-order valence-electron chi connectivity index (χ1n) is 7.96. The highest BCUT2D eigenvalue weighted by Gasteiger charge is 2.20. The summed E-state index contributed by atoms with van der Waals surface area (Å²) >= 11 is 1.59. The van der Waals surface area contributed by atoms with Crippen molar-refractivity contribution >= 4 is 22.9 Å². The Bertz CT molecular complexity index is 676. The molecule has 0 fully saturated rings. The summed E-state index contributed by atoms with van der Waals surface area (Å²) in [7, 11) is 0. The summed E-state index contributed by atoms with van der Waals surface area (Å²) in [6.07, 6.45) is 4.62. The van der Waals surface area contributed by atoms with Crippen LogP contribution in [0.4, 0.5) is 5.69 Å². The number of anilines is 1. The Kier molecular flexibility index (Phi) is 4.09. The number of carbonyl (C=O) groups is 1. The Hall–Kier alpha value is -1.61. The number of hydrogen-bond acceptors (Lipinski definition) is 2. The van der Waals surface area contributed by atoms with Crippen LogP contribution in [0, 0.1) is 0 Å². The van der Waals surface area contributed by atoms with Gasteiger partial charge in [-0.05, 0) is 65.3 Å². The van der Waals surface area contributed by atoms with Crippen LogP contribution in [0.5, 0.6) is 0 Å². The van der Waals surface area contributed by atoms with Crippen LogP contribution in [-0.2, 0) is 18.3 Å². The lowest BCUT2D eigenvalue weighted by molar-refractivity contribution is 0.102. The zero-order valence-electron chi connectivity index (χ0n) is 13.5. The summed E-state index contributed by atoms with van der Waals surface area (Å²) in [5.41, 5.74) is 4.94. The third kappa shape index (κ3) is 3.09. The molecule has 1 N–H and O–H groups in total. The Morgan fingerprint density at radius 1 is 1.09 bits per heavy atom. The minimum Gasteiger partial charge on any atom is -0.321 e. The second kappa shape index (κ2) is 5.88. The second-order valence-corrected chi connectivity index (χ2v) is 7.94. The molecule has 2 nitrogen and oxygen atoms in total. The van der Waals surface area contributed by atoms with E-state index < -0.39 is 0 Å². The van der Waals surface area contributed by atoms with Crippen molar-refractivity contribution in [3.63, 3.8) is 0 Å². The molecular formula is C19H23NOS. The number of benzene rings is 1. The predicted molar refractivity (Wildman–Crippen MR) is 94.1 cm³/mol. The summed E-state index contributed by atoms with van der Waals surface area (Å²) in [4.78, 5) is 13.4. The van der Waals surface area contributed by atoms with Crippen LogP contribution in [-0.4, -0.2) is 5.91 Å². The van der Waals surface area contributed by atoms with E-state index >= 15 is 0 Å². The molecule has 0 atom stereocenters. The minimum atomic E-state index is 0.0386. The molecule has 0 saturated carbocycles. The molecule has 116 valence electrons. The van der Waals surface area contributed by atoms with Crippen LogP contribution >= 0.6 is 11.3 Å². The monoisotopic (exact) mass is 313 g/mol. The van der Waals surface area contributed by atoms with Crippen molar-refractivity contribution in [1.29, 1.82) is 0 Å². The first-order valence-corrected chi connectivity index (χ1v) is 8.84. The van der Waals surface area contributed by atoms with Crippen LogP contribution in [0.1, 0.15) is 60.0 Å². The Morgan fingerprint density at radius 2 is 1.77 bits per heavy atom. The van der Waals surface area contributed by atoms with Crippen LogP contribution in [0.3, 0.4) is 0 Å². The van der Waals surface area contributed by atoms with Crippen LogP contribution in [0.25, 0.3) is 0 Å². The van der Waals surface area contributed by atoms with Gasteiger partial charge in [-0.2, -0.15) is 0 Å². The molecule has 1 aliphatic rings. The van der Waals surface area contributed by atoms with E-state index in [1.807, 2.05) is 12.1 Å². The standard InChI is InChI=1S/C19H23NOS/c1-19(2,3)14-8-10-15(11-9-14)20-18(21)17-16-7-5-4-6-13(16)12-22-17/h8-12H,4-7H2,1-3H3,(H,20,21). The van der Waals surface area contributed by atoms with Crippen molar-refractivity contribution in [2.24, 2.45) is 0 Å². The smallest absolute Gasteiger partial charge is 0.266 e. The van der Waals surface area contributed by atoms with Gasteiger partial charge in [0.15, 0.2) is 0 Å². The number of thiophene rings is 1. The topological polar surface area (TPSA) is 29.1 Å². The molecule has 3 heteroatoms. The van der Waals surface area contributed by atoms with Crippen molar-refractivity contribution in [3.05, 3.63) is 51.2 Å². The van der Waals surface area contributed by atoms with Gasteiger partial charge in [0.1, 0.15) is 0 Å². The molecule has 0 aliphatic heterocycles. The van der Waals surface area contributed by atoms with Crippen LogP contribution in [0.2, 0.25) is 0 Å². The number of fused-ring (bicyclic) bond motifs is 1. The summed E-state index contributed by atoms with van der Waals surface area (Å²) in [5, 5.41) is 5.20. The van der Waals surface area contributed by atoms with E-state index in [-0.39, 0.29) is 11.3 Å². The first kappa shape index (κ1) is 15.3. The molecule has 2 aromatic rings. The molecular weight excluding hydrogens is 290 g/mol. The number of nitrogens with one attached hydrogen (secondary N) is 1. The van der Waals surface area contributed by atoms with Gasteiger partial charge in [-0.1, -0.05) is 32.9 Å². The third-order valence-electron chi connectivity index (χ3n) is 4.32. The Balaban J connectivity index is 1.76. The zero-order chi connectivity index (χ0) is 15.7. The number of hydrogen-bond donors (Lipinski definition) is 1. The summed E-state index contributed by atoms with van der Waals surface area (Å²) in [6.45, 7) is 6.58. The molecule has 1 aromatic carbocycles. The van der Waals surface area contributed by atoms with Crippen molar-refractivity contribution in [3.8, 4) is 0 Å². The molecule has 1 aliphatic carbocycles. The Labute approximate surface area is 136 Å². The minimum absolute atomic E-state index is 0.0386. The van der Waals surface area contributed by atoms with E-state index in [2.05, 4.69) is 43.6 Å². The van der Waals surface area contributed by atoms with E-state index in [9.17, 15) is 4.79 Å². The fourth-order valence-corrected chi connectivity index (χ4v) is 4.00. The fraction of sp³-hybridized carbons (Fsp3) is 0.421. The highest BCUT2D eigenvalue weighted by molar-refractivity contribution is 7.12. The lowest BCUT2D eigenvalue weighted by atomic mass is 9.87. The van der Waals surface area contributed by atoms with Gasteiger partial charge < -0.3 is 5.32 Å².